The standard InChI is InChI=1S/C20H30BrN5/c1-15(2)25-10-12-26(13-11-25)17(14-22-3)18-19(21)23-20(24(18)4)16-8-6-5-7-9-16/h5-9,15,17,22H,10-14H2,1-4H3. The fraction of sp³-hybridized carbons (Fsp3) is 0.550. The maximum Gasteiger partial charge on any atom is 0.141 e. The molecule has 0 spiro atoms. The zero-order valence-electron chi connectivity index (χ0n) is 16.2. The van der Waals surface area contributed by atoms with E-state index in [1.165, 1.54) is 5.69 Å². The molecule has 2 aromatic rings. The number of benzene rings is 1. The Kier molecular flexibility index (Phi) is 6.51. The van der Waals surface area contributed by atoms with Crippen molar-refractivity contribution in [2.75, 3.05) is 39.8 Å². The normalized spacial score (nSPS) is 17.8. The molecular formula is C20H30BrN5. The Morgan fingerprint density at radius 3 is 2.27 bits per heavy atom. The molecule has 0 saturated carbocycles. The Bertz CT molecular complexity index is 704. The first-order valence-corrected chi connectivity index (χ1v) is 10.2. The molecule has 0 bridgehead atoms. The average molecular weight is 420 g/mol. The van der Waals surface area contributed by atoms with Crippen LogP contribution in [0.25, 0.3) is 11.4 Å². The Balaban J connectivity index is 1.88. The largest absolute Gasteiger partial charge is 0.329 e. The maximum absolute atomic E-state index is 4.84. The topological polar surface area (TPSA) is 36.3 Å². The van der Waals surface area contributed by atoms with Gasteiger partial charge < -0.3 is 9.88 Å². The molecule has 2 heterocycles. The van der Waals surface area contributed by atoms with Crippen molar-refractivity contribution in [3.8, 4) is 11.4 Å². The number of likely N-dealkylation sites (N-methyl/N-ethyl adjacent to an activating group) is 1. The summed E-state index contributed by atoms with van der Waals surface area (Å²) >= 11 is 3.74. The third kappa shape index (κ3) is 4.03. The molecule has 1 aliphatic heterocycles. The molecule has 142 valence electrons. The van der Waals surface area contributed by atoms with E-state index in [1.54, 1.807) is 0 Å². The van der Waals surface area contributed by atoms with E-state index < -0.39 is 0 Å². The van der Waals surface area contributed by atoms with Crippen LogP contribution < -0.4 is 5.32 Å². The SMILES string of the molecule is CNCC(c1c(Br)nc(-c2ccccc2)n1C)N1CCN(C(C)C)CC1. The van der Waals surface area contributed by atoms with Crippen molar-refractivity contribution in [2.45, 2.75) is 25.9 Å². The van der Waals surface area contributed by atoms with E-state index in [4.69, 9.17) is 4.98 Å². The van der Waals surface area contributed by atoms with E-state index in [0.717, 1.165) is 48.7 Å². The molecular weight excluding hydrogens is 390 g/mol. The summed E-state index contributed by atoms with van der Waals surface area (Å²) in [6, 6.07) is 11.3. The third-order valence-corrected chi connectivity index (χ3v) is 5.94. The van der Waals surface area contributed by atoms with Crippen molar-refractivity contribution >= 4 is 15.9 Å². The minimum atomic E-state index is 0.304. The summed E-state index contributed by atoms with van der Waals surface area (Å²) < 4.78 is 3.20. The van der Waals surface area contributed by atoms with Gasteiger partial charge in [-0.05, 0) is 36.8 Å². The first-order valence-electron chi connectivity index (χ1n) is 9.43. The lowest BCUT2D eigenvalue weighted by Gasteiger charge is -2.41. The van der Waals surface area contributed by atoms with Crippen LogP contribution in [0.15, 0.2) is 34.9 Å². The molecule has 0 aliphatic carbocycles. The number of nitrogens with zero attached hydrogens (tertiary/aromatic N) is 4. The third-order valence-electron chi connectivity index (χ3n) is 5.36. The molecule has 1 unspecified atom stereocenters. The van der Waals surface area contributed by atoms with Crippen LogP contribution in [0.1, 0.15) is 25.6 Å². The summed E-state index contributed by atoms with van der Waals surface area (Å²) in [7, 11) is 4.15. The lowest BCUT2D eigenvalue weighted by molar-refractivity contribution is 0.0755. The first-order chi connectivity index (χ1) is 12.5. The fourth-order valence-electron chi connectivity index (χ4n) is 3.84. The summed E-state index contributed by atoms with van der Waals surface area (Å²) in [5.74, 6) is 1.01. The van der Waals surface area contributed by atoms with Crippen LogP contribution in [0.3, 0.4) is 0 Å². The van der Waals surface area contributed by atoms with Crippen LogP contribution in [-0.4, -0.2) is 65.2 Å². The maximum atomic E-state index is 4.84. The minimum Gasteiger partial charge on any atom is -0.329 e. The Morgan fingerprint density at radius 2 is 1.69 bits per heavy atom. The van der Waals surface area contributed by atoms with Gasteiger partial charge in [-0.15, -0.1) is 0 Å². The van der Waals surface area contributed by atoms with Gasteiger partial charge in [-0.3, -0.25) is 9.80 Å². The highest BCUT2D eigenvalue weighted by molar-refractivity contribution is 9.10. The molecule has 1 saturated heterocycles. The zero-order valence-corrected chi connectivity index (χ0v) is 17.8. The molecule has 1 aromatic heterocycles. The molecule has 26 heavy (non-hydrogen) atoms. The minimum absolute atomic E-state index is 0.304. The van der Waals surface area contributed by atoms with Crippen LogP contribution in [0, 0.1) is 0 Å². The summed E-state index contributed by atoms with van der Waals surface area (Å²) in [5, 5.41) is 3.38. The number of aromatic nitrogens is 2. The van der Waals surface area contributed by atoms with Gasteiger partial charge >= 0.3 is 0 Å². The van der Waals surface area contributed by atoms with Crippen LogP contribution in [0.5, 0.6) is 0 Å². The second-order valence-electron chi connectivity index (χ2n) is 7.28. The number of hydrogen-bond acceptors (Lipinski definition) is 4. The molecule has 6 heteroatoms. The average Bonchev–Trinajstić information content (AvgIpc) is 2.95. The van der Waals surface area contributed by atoms with Gasteiger partial charge in [-0.1, -0.05) is 30.3 Å². The zero-order chi connectivity index (χ0) is 18.7. The smallest absolute Gasteiger partial charge is 0.141 e. The van der Waals surface area contributed by atoms with Gasteiger partial charge in [-0.25, -0.2) is 4.98 Å². The van der Waals surface area contributed by atoms with Crippen molar-refractivity contribution in [3.63, 3.8) is 0 Å². The van der Waals surface area contributed by atoms with Gasteiger partial charge in [0.15, 0.2) is 0 Å². The van der Waals surface area contributed by atoms with E-state index >= 15 is 0 Å². The Morgan fingerprint density at radius 1 is 1.08 bits per heavy atom. The summed E-state index contributed by atoms with van der Waals surface area (Å²) in [4.78, 5) is 9.98. The number of piperazine rings is 1. The Labute approximate surface area is 165 Å². The monoisotopic (exact) mass is 419 g/mol. The molecule has 1 aliphatic rings. The molecule has 1 aromatic carbocycles. The Hall–Kier alpha value is -1.21. The molecule has 1 atom stereocenters. The predicted octanol–water partition coefficient (Wildman–Crippen LogP) is 3.14. The van der Waals surface area contributed by atoms with Crippen LogP contribution in [0.2, 0.25) is 0 Å². The fourth-order valence-corrected chi connectivity index (χ4v) is 4.54. The summed E-state index contributed by atoms with van der Waals surface area (Å²) in [5.41, 5.74) is 2.39. The van der Waals surface area contributed by atoms with Crippen molar-refractivity contribution in [3.05, 3.63) is 40.6 Å². The van der Waals surface area contributed by atoms with E-state index in [0.29, 0.717) is 12.1 Å². The lowest BCUT2D eigenvalue weighted by atomic mass is 10.1. The van der Waals surface area contributed by atoms with Crippen molar-refractivity contribution < 1.29 is 0 Å². The van der Waals surface area contributed by atoms with Crippen molar-refractivity contribution in [2.24, 2.45) is 7.05 Å². The lowest BCUT2D eigenvalue weighted by Crippen LogP contribution is -2.51. The van der Waals surface area contributed by atoms with Crippen LogP contribution >= 0.6 is 15.9 Å². The number of nitrogens with one attached hydrogen (secondary N) is 1. The van der Waals surface area contributed by atoms with Gasteiger partial charge in [0.2, 0.25) is 0 Å². The number of hydrogen-bond donors (Lipinski definition) is 1. The number of rotatable bonds is 6. The van der Waals surface area contributed by atoms with Crippen LogP contribution in [-0.2, 0) is 7.05 Å². The van der Waals surface area contributed by atoms with E-state index in [1.807, 2.05) is 13.1 Å². The number of imidazole rings is 1. The highest BCUT2D eigenvalue weighted by atomic mass is 79.9. The molecule has 5 nitrogen and oxygen atoms in total. The highest BCUT2D eigenvalue weighted by Gasteiger charge is 2.30. The van der Waals surface area contributed by atoms with Gasteiger partial charge in [0.25, 0.3) is 0 Å². The van der Waals surface area contributed by atoms with Gasteiger partial charge in [-0.2, -0.15) is 0 Å². The summed E-state index contributed by atoms with van der Waals surface area (Å²) in [6.45, 7) is 9.90. The van der Waals surface area contributed by atoms with E-state index in [9.17, 15) is 0 Å². The predicted molar refractivity (Wildman–Crippen MR) is 111 cm³/mol. The van der Waals surface area contributed by atoms with Gasteiger partial charge in [0, 0.05) is 51.4 Å². The molecule has 3 rings (SSSR count). The number of halogens is 1. The highest BCUT2D eigenvalue weighted by Crippen LogP contribution is 2.32. The van der Waals surface area contributed by atoms with E-state index in [2.05, 4.69) is 80.8 Å². The molecule has 1 fully saturated rings. The van der Waals surface area contributed by atoms with Crippen LogP contribution in [0.4, 0.5) is 0 Å². The molecule has 0 amide bonds. The summed E-state index contributed by atoms with van der Waals surface area (Å²) in [6.07, 6.45) is 0. The molecule has 0 radical (unpaired) electrons. The van der Waals surface area contributed by atoms with Crippen molar-refractivity contribution in [1.29, 1.82) is 0 Å². The van der Waals surface area contributed by atoms with Gasteiger partial charge in [0.1, 0.15) is 10.4 Å². The molecule has 1 N–H and O–H groups in total. The second kappa shape index (κ2) is 8.65. The van der Waals surface area contributed by atoms with Crippen molar-refractivity contribution in [1.82, 2.24) is 24.7 Å². The quantitative estimate of drug-likeness (QED) is 0.779. The van der Waals surface area contributed by atoms with E-state index in [-0.39, 0.29) is 0 Å². The first kappa shape index (κ1) is 19.5. The van der Waals surface area contributed by atoms with Gasteiger partial charge in [0.05, 0.1) is 11.7 Å². The second-order valence-corrected chi connectivity index (χ2v) is 8.03.